The van der Waals surface area contributed by atoms with E-state index in [2.05, 4.69) is 4.74 Å². The highest BCUT2D eigenvalue weighted by atomic mass is 19.4. The lowest BCUT2D eigenvalue weighted by Crippen LogP contribution is -2.17. The molecule has 0 fully saturated rings. The van der Waals surface area contributed by atoms with Crippen LogP contribution in [0.2, 0.25) is 0 Å². The summed E-state index contributed by atoms with van der Waals surface area (Å²) in [5, 5.41) is 9.71. The number of nitrogens with zero attached hydrogens (tertiary/aromatic N) is 1. The van der Waals surface area contributed by atoms with E-state index in [1.807, 2.05) is 6.92 Å². The lowest BCUT2D eigenvalue weighted by atomic mass is 10.1. The molecule has 0 saturated carbocycles. The Labute approximate surface area is 118 Å². The van der Waals surface area contributed by atoms with Crippen LogP contribution >= 0.6 is 0 Å². The van der Waals surface area contributed by atoms with Gasteiger partial charge in [-0.15, -0.1) is 13.2 Å². The molecule has 0 amide bonds. The van der Waals surface area contributed by atoms with Gasteiger partial charge in [0.15, 0.2) is 0 Å². The molecule has 21 heavy (non-hydrogen) atoms. The zero-order chi connectivity index (χ0) is 15.8. The number of aromatic nitrogens is 1. The molecule has 0 radical (unpaired) electrons. The predicted molar refractivity (Wildman–Crippen MR) is 70.4 cm³/mol. The molecule has 0 spiro atoms. The minimum atomic E-state index is -4.65. The number of aromatic carboxylic acids is 1. The monoisotopic (exact) mass is 301 g/mol. The van der Waals surface area contributed by atoms with Crippen molar-refractivity contribution in [2.24, 2.45) is 0 Å². The van der Waals surface area contributed by atoms with E-state index >= 15 is 0 Å². The van der Waals surface area contributed by atoms with Gasteiger partial charge in [0.05, 0.1) is 12.2 Å². The van der Waals surface area contributed by atoms with Gasteiger partial charge in [-0.05, 0) is 37.6 Å². The van der Waals surface area contributed by atoms with Crippen LogP contribution in [0.5, 0.6) is 0 Å². The van der Waals surface area contributed by atoms with E-state index in [1.54, 1.807) is 17.6 Å². The van der Waals surface area contributed by atoms with E-state index in [-0.39, 0.29) is 12.1 Å². The highest BCUT2D eigenvalue weighted by Crippen LogP contribution is 2.26. The Bertz CT molecular complexity index is 689. The van der Waals surface area contributed by atoms with Crippen molar-refractivity contribution in [1.82, 2.24) is 4.57 Å². The molecule has 1 N–H and O–H groups in total. The number of rotatable bonds is 4. The van der Waals surface area contributed by atoms with Crippen LogP contribution in [0.4, 0.5) is 13.2 Å². The third kappa shape index (κ3) is 3.18. The number of carboxylic acids is 1. The lowest BCUT2D eigenvalue weighted by molar-refractivity contribution is -0.325. The molecular weight excluding hydrogens is 287 g/mol. The molecular formula is C14H14F3NO3. The average molecular weight is 301 g/mol. The Balaban J connectivity index is 2.36. The molecule has 7 heteroatoms. The van der Waals surface area contributed by atoms with Crippen LogP contribution in [-0.2, 0) is 11.3 Å². The second kappa shape index (κ2) is 5.40. The molecule has 4 nitrogen and oxygen atoms in total. The van der Waals surface area contributed by atoms with E-state index < -0.39 is 18.9 Å². The van der Waals surface area contributed by atoms with Crippen LogP contribution in [0.25, 0.3) is 10.9 Å². The molecule has 0 aliphatic heterocycles. The molecule has 2 rings (SSSR count). The quantitative estimate of drug-likeness (QED) is 0.940. The van der Waals surface area contributed by atoms with Crippen LogP contribution in [0.1, 0.15) is 21.6 Å². The first-order valence-electron chi connectivity index (χ1n) is 6.24. The van der Waals surface area contributed by atoms with Crippen molar-refractivity contribution >= 4 is 16.9 Å². The molecule has 0 aliphatic carbocycles. The third-order valence-corrected chi connectivity index (χ3v) is 3.47. The number of fused-ring (bicyclic) bond motifs is 1. The fourth-order valence-corrected chi connectivity index (χ4v) is 2.32. The second-order valence-electron chi connectivity index (χ2n) is 4.69. The number of carboxylic acid groups (broad SMARTS) is 1. The molecule has 1 aromatic heterocycles. The van der Waals surface area contributed by atoms with Gasteiger partial charge < -0.3 is 9.67 Å². The summed E-state index contributed by atoms with van der Waals surface area (Å²) >= 11 is 0. The fourth-order valence-electron chi connectivity index (χ4n) is 2.32. The maximum absolute atomic E-state index is 12.0. The van der Waals surface area contributed by atoms with Crippen molar-refractivity contribution in [3.63, 3.8) is 0 Å². The van der Waals surface area contributed by atoms with Crippen molar-refractivity contribution in [2.45, 2.75) is 26.8 Å². The maximum Gasteiger partial charge on any atom is 0.522 e. The van der Waals surface area contributed by atoms with Crippen LogP contribution in [0, 0.1) is 13.8 Å². The van der Waals surface area contributed by atoms with Crippen molar-refractivity contribution in [2.75, 3.05) is 6.61 Å². The maximum atomic E-state index is 12.0. The Morgan fingerprint density at radius 1 is 1.33 bits per heavy atom. The average Bonchev–Trinajstić information content (AvgIpc) is 2.62. The zero-order valence-corrected chi connectivity index (χ0v) is 11.5. The summed E-state index contributed by atoms with van der Waals surface area (Å²) in [4.78, 5) is 11.0. The summed E-state index contributed by atoms with van der Waals surface area (Å²) < 4.78 is 41.6. The van der Waals surface area contributed by atoms with Gasteiger partial charge in [0, 0.05) is 23.1 Å². The smallest absolute Gasteiger partial charge is 0.478 e. The number of benzene rings is 1. The van der Waals surface area contributed by atoms with Crippen molar-refractivity contribution in [3.05, 3.63) is 35.0 Å². The Morgan fingerprint density at radius 2 is 2.00 bits per heavy atom. The van der Waals surface area contributed by atoms with Crippen LogP contribution in [0.15, 0.2) is 18.2 Å². The summed E-state index contributed by atoms with van der Waals surface area (Å²) in [6.07, 6.45) is -4.65. The van der Waals surface area contributed by atoms with Crippen LogP contribution < -0.4 is 0 Å². The van der Waals surface area contributed by atoms with Crippen molar-refractivity contribution in [1.29, 1.82) is 0 Å². The molecule has 1 aromatic carbocycles. The number of ether oxygens (including phenoxy) is 1. The van der Waals surface area contributed by atoms with E-state index in [9.17, 15) is 18.0 Å². The number of hydrogen-bond acceptors (Lipinski definition) is 2. The normalized spacial score (nSPS) is 12.0. The first kappa shape index (κ1) is 15.4. The molecule has 114 valence electrons. The summed E-state index contributed by atoms with van der Waals surface area (Å²) in [5.74, 6) is -1.04. The number of alkyl halides is 3. The number of carbonyl (C=O) groups is 1. The molecule has 0 saturated heterocycles. The summed E-state index contributed by atoms with van der Waals surface area (Å²) in [7, 11) is 0. The van der Waals surface area contributed by atoms with Gasteiger partial charge in [0.1, 0.15) is 0 Å². The molecule has 1 heterocycles. The van der Waals surface area contributed by atoms with Crippen LogP contribution in [0.3, 0.4) is 0 Å². The van der Waals surface area contributed by atoms with Gasteiger partial charge in [-0.2, -0.15) is 0 Å². The van der Waals surface area contributed by atoms with Gasteiger partial charge >= 0.3 is 12.3 Å². The Morgan fingerprint density at radius 3 is 2.57 bits per heavy atom. The summed E-state index contributed by atoms with van der Waals surface area (Å²) in [5.41, 5.74) is 2.48. The number of halogens is 3. The molecule has 0 aliphatic rings. The molecule has 2 aromatic rings. The SMILES string of the molecule is Cc1c(C)n(CCOC(F)(F)F)c2ccc(C(=O)O)cc12. The van der Waals surface area contributed by atoms with E-state index in [4.69, 9.17) is 5.11 Å². The second-order valence-corrected chi connectivity index (χ2v) is 4.69. The summed E-state index contributed by atoms with van der Waals surface area (Å²) in [6, 6.07) is 4.57. The highest BCUT2D eigenvalue weighted by Gasteiger charge is 2.28. The summed E-state index contributed by atoms with van der Waals surface area (Å²) in [6.45, 7) is 3.14. The largest absolute Gasteiger partial charge is 0.522 e. The van der Waals surface area contributed by atoms with Gasteiger partial charge in [-0.3, -0.25) is 4.74 Å². The first-order valence-corrected chi connectivity index (χ1v) is 6.24. The minimum Gasteiger partial charge on any atom is -0.478 e. The Kier molecular flexibility index (Phi) is 3.95. The number of hydrogen-bond donors (Lipinski definition) is 1. The standard InChI is InChI=1S/C14H14F3NO3/c1-8-9(2)18(5-6-21-14(15,16)17)12-4-3-10(13(19)20)7-11(8)12/h3-4,7H,5-6H2,1-2H3,(H,19,20). The molecule has 0 unspecified atom stereocenters. The highest BCUT2D eigenvalue weighted by molar-refractivity contribution is 5.95. The molecule has 0 atom stereocenters. The van der Waals surface area contributed by atoms with Crippen molar-refractivity contribution < 1.29 is 27.8 Å². The van der Waals surface area contributed by atoms with Gasteiger partial charge in [-0.25, -0.2) is 4.79 Å². The lowest BCUT2D eigenvalue weighted by Gasteiger charge is -2.11. The van der Waals surface area contributed by atoms with E-state index in [0.29, 0.717) is 5.52 Å². The zero-order valence-electron chi connectivity index (χ0n) is 11.5. The first-order chi connectivity index (χ1) is 9.70. The van der Waals surface area contributed by atoms with Crippen LogP contribution in [-0.4, -0.2) is 28.6 Å². The van der Waals surface area contributed by atoms with E-state index in [1.165, 1.54) is 12.1 Å². The van der Waals surface area contributed by atoms with Gasteiger partial charge in [0.25, 0.3) is 0 Å². The molecule has 0 bridgehead atoms. The Hall–Kier alpha value is -2.02. The van der Waals surface area contributed by atoms with E-state index in [0.717, 1.165) is 16.6 Å². The van der Waals surface area contributed by atoms with Gasteiger partial charge in [-0.1, -0.05) is 0 Å². The topological polar surface area (TPSA) is 51.5 Å². The fraction of sp³-hybridized carbons (Fsp3) is 0.357. The minimum absolute atomic E-state index is 0.0438. The predicted octanol–water partition coefficient (Wildman–Crippen LogP) is 3.49. The van der Waals surface area contributed by atoms with Crippen molar-refractivity contribution in [3.8, 4) is 0 Å². The third-order valence-electron chi connectivity index (χ3n) is 3.47. The number of aryl methyl sites for hydroxylation is 1. The van der Waals surface area contributed by atoms with Gasteiger partial charge in [0.2, 0.25) is 0 Å².